The van der Waals surface area contributed by atoms with Gasteiger partial charge in [-0.25, -0.2) is 4.79 Å². The van der Waals surface area contributed by atoms with Gasteiger partial charge in [-0.05, 0) is 48.7 Å². The van der Waals surface area contributed by atoms with Crippen LogP contribution in [0.15, 0.2) is 42.5 Å². The van der Waals surface area contributed by atoms with Gasteiger partial charge in [0.25, 0.3) is 0 Å². The van der Waals surface area contributed by atoms with E-state index in [-0.39, 0.29) is 6.03 Å². The quantitative estimate of drug-likeness (QED) is 0.869. The van der Waals surface area contributed by atoms with Crippen LogP contribution in [0.25, 0.3) is 0 Å². The van der Waals surface area contributed by atoms with Crippen LogP contribution in [0.4, 0.5) is 10.5 Å². The van der Waals surface area contributed by atoms with Crippen molar-refractivity contribution in [3.05, 3.63) is 64.2 Å². The van der Waals surface area contributed by atoms with Crippen LogP contribution < -0.4 is 10.6 Å². The molecule has 0 saturated heterocycles. The van der Waals surface area contributed by atoms with E-state index in [4.69, 9.17) is 11.6 Å². The molecule has 2 aromatic rings. The Bertz CT molecular complexity index is 608. The molecule has 0 aromatic heterocycles. The number of hydrogen-bond acceptors (Lipinski definition) is 1. The van der Waals surface area contributed by atoms with Gasteiger partial charge in [0.2, 0.25) is 0 Å². The molecule has 2 N–H and O–H groups in total. The van der Waals surface area contributed by atoms with Gasteiger partial charge in [-0.1, -0.05) is 35.9 Å². The lowest BCUT2D eigenvalue weighted by Crippen LogP contribution is -2.28. The predicted molar refractivity (Wildman–Crippen MR) is 83.2 cm³/mol. The number of amides is 2. The number of aryl methyl sites for hydroxylation is 1. The fraction of sp³-hybridized carbons (Fsp3) is 0.188. The summed E-state index contributed by atoms with van der Waals surface area (Å²) in [7, 11) is 0. The summed E-state index contributed by atoms with van der Waals surface area (Å²) >= 11 is 5.81. The fourth-order valence-corrected chi connectivity index (χ4v) is 1.96. The van der Waals surface area contributed by atoms with Crippen molar-refractivity contribution in [1.82, 2.24) is 5.32 Å². The van der Waals surface area contributed by atoms with Gasteiger partial charge in [-0.3, -0.25) is 0 Å². The van der Waals surface area contributed by atoms with Crippen LogP contribution >= 0.6 is 11.6 Å². The van der Waals surface area contributed by atoms with Crippen LogP contribution in [0.5, 0.6) is 0 Å². The standard InChI is InChI=1S/C16H17ClN2O/c1-11-4-3-5-15(12(11)2)19-16(20)18-10-13-6-8-14(17)9-7-13/h3-9H,10H2,1-2H3,(H2,18,19,20). The Morgan fingerprint density at radius 2 is 1.80 bits per heavy atom. The van der Waals surface area contributed by atoms with Crippen LogP contribution in [-0.4, -0.2) is 6.03 Å². The van der Waals surface area contributed by atoms with Crippen molar-refractivity contribution in [2.75, 3.05) is 5.32 Å². The Hall–Kier alpha value is -2.00. The fourth-order valence-electron chi connectivity index (χ4n) is 1.84. The summed E-state index contributed by atoms with van der Waals surface area (Å²) in [5.41, 5.74) is 4.07. The van der Waals surface area contributed by atoms with Gasteiger partial charge in [0.05, 0.1) is 0 Å². The first kappa shape index (κ1) is 14.4. The van der Waals surface area contributed by atoms with Crippen molar-refractivity contribution in [2.24, 2.45) is 0 Å². The van der Waals surface area contributed by atoms with Crippen LogP contribution in [0.3, 0.4) is 0 Å². The zero-order chi connectivity index (χ0) is 14.5. The smallest absolute Gasteiger partial charge is 0.319 e. The Morgan fingerprint density at radius 1 is 1.10 bits per heavy atom. The van der Waals surface area contributed by atoms with Gasteiger partial charge in [-0.15, -0.1) is 0 Å². The zero-order valence-electron chi connectivity index (χ0n) is 11.5. The van der Waals surface area contributed by atoms with Crippen LogP contribution in [-0.2, 0) is 6.54 Å². The third-order valence-corrected chi connectivity index (χ3v) is 3.47. The Morgan fingerprint density at radius 3 is 2.50 bits per heavy atom. The minimum Gasteiger partial charge on any atom is -0.334 e. The number of urea groups is 1. The van der Waals surface area contributed by atoms with E-state index in [2.05, 4.69) is 10.6 Å². The highest BCUT2D eigenvalue weighted by Crippen LogP contribution is 2.17. The molecular formula is C16H17ClN2O. The molecule has 0 saturated carbocycles. The van der Waals surface area contributed by atoms with Crippen molar-refractivity contribution in [3.8, 4) is 0 Å². The van der Waals surface area contributed by atoms with Gasteiger partial charge in [0.1, 0.15) is 0 Å². The van der Waals surface area contributed by atoms with E-state index in [9.17, 15) is 4.79 Å². The van der Waals surface area contributed by atoms with E-state index in [1.54, 1.807) is 12.1 Å². The summed E-state index contributed by atoms with van der Waals surface area (Å²) in [6.07, 6.45) is 0. The van der Waals surface area contributed by atoms with Gasteiger partial charge in [0, 0.05) is 17.3 Å². The molecule has 0 aliphatic rings. The molecule has 0 spiro atoms. The molecule has 0 fully saturated rings. The highest BCUT2D eigenvalue weighted by molar-refractivity contribution is 6.30. The molecule has 4 heteroatoms. The number of carbonyl (C=O) groups excluding carboxylic acids is 1. The van der Waals surface area contributed by atoms with E-state index in [0.717, 1.165) is 22.4 Å². The van der Waals surface area contributed by atoms with E-state index in [1.807, 2.05) is 44.2 Å². The first-order valence-corrected chi connectivity index (χ1v) is 6.79. The molecule has 0 heterocycles. The number of benzene rings is 2. The Labute approximate surface area is 124 Å². The maximum absolute atomic E-state index is 11.9. The van der Waals surface area contributed by atoms with Crippen molar-refractivity contribution in [1.29, 1.82) is 0 Å². The molecule has 0 unspecified atom stereocenters. The largest absolute Gasteiger partial charge is 0.334 e. The second-order valence-electron chi connectivity index (χ2n) is 4.68. The monoisotopic (exact) mass is 288 g/mol. The molecule has 0 bridgehead atoms. The number of anilines is 1. The second-order valence-corrected chi connectivity index (χ2v) is 5.12. The van der Waals surface area contributed by atoms with Crippen molar-refractivity contribution >= 4 is 23.3 Å². The third kappa shape index (κ3) is 3.75. The number of nitrogens with one attached hydrogen (secondary N) is 2. The van der Waals surface area contributed by atoms with Crippen molar-refractivity contribution in [3.63, 3.8) is 0 Å². The first-order valence-electron chi connectivity index (χ1n) is 6.42. The maximum Gasteiger partial charge on any atom is 0.319 e. The Kier molecular flexibility index (Phi) is 4.64. The summed E-state index contributed by atoms with van der Waals surface area (Å²) in [4.78, 5) is 11.9. The number of rotatable bonds is 3. The highest BCUT2D eigenvalue weighted by Gasteiger charge is 2.05. The van der Waals surface area contributed by atoms with Crippen molar-refractivity contribution < 1.29 is 4.79 Å². The zero-order valence-corrected chi connectivity index (χ0v) is 12.3. The van der Waals surface area contributed by atoms with Crippen LogP contribution in [0.2, 0.25) is 5.02 Å². The van der Waals surface area contributed by atoms with Gasteiger partial charge >= 0.3 is 6.03 Å². The molecule has 0 atom stereocenters. The molecule has 2 aromatic carbocycles. The molecule has 104 valence electrons. The molecule has 0 radical (unpaired) electrons. The van der Waals surface area contributed by atoms with Crippen molar-refractivity contribution in [2.45, 2.75) is 20.4 Å². The highest BCUT2D eigenvalue weighted by atomic mass is 35.5. The van der Waals surface area contributed by atoms with E-state index in [0.29, 0.717) is 11.6 Å². The van der Waals surface area contributed by atoms with Crippen LogP contribution in [0, 0.1) is 13.8 Å². The number of hydrogen-bond donors (Lipinski definition) is 2. The summed E-state index contributed by atoms with van der Waals surface area (Å²) in [5, 5.41) is 6.37. The summed E-state index contributed by atoms with van der Waals surface area (Å²) in [6.45, 7) is 4.48. The molecule has 3 nitrogen and oxygen atoms in total. The molecule has 0 aliphatic heterocycles. The molecule has 0 aliphatic carbocycles. The van der Waals surface area contributed by atoms with E-state index < -0.39 is 0 Å². The second kappa shape index (κ2) is 6.44. The predicted octanol–water partition coefficient (Wildman–Crippen LogP) is 4.28. The number of halogens is 1. The summed E-state index contributed by atoms with van der Waals surface area (Å²) in [6, 6.07) is 13.0. The summed E-state index contributed by atoms with van der Waals surface area (Å²) < 4.78 is 0. The first-order chi connectivity index (χ1) is 9.56. The van der Waals surface area contributed by atoms with Gasteiger partial charge in [-0.2, -0.15) is 0 Å². The average molecular weight is 289 g/mol. The summed E-state index contributed by atoms with van der Waals surface area (Å²) in [5.74, 6) is 0. The average Bonchev–Trinajstić information content (AvgIpc) is 2.43. The molecule has 2 amide bonds. The topological polar surface area (TPSA) is 41.1 Å². The minimum atomic E-state index is -0.214. The van der Waals surface area contributed by atoms with E-state index in [1.165, 1.54) is 0 Å². The minimum absolute atomic E-state index is 0.214. The lowest BCUT2D eigenvalue weighted by atomic mass is 10.1. The van der Waals surface area contributed by atoms with E-state index >= 15 is 0 Å². The molecule has 2 rings (SSSR count). The SMILES string of the molecule is Cc1cccc(NC(=O)NCc2ccc(Cl)cc2)c1C. The molecule has 20 heavy (non-hydrogen) atoms. The maximum atomic E-state index is 11.9. The number of carbonyl (C=O) groups is 1. The Balaban J connectivity index is 1.92. The van der Waals surface area contributed by atoms with Gasteiger partial charge < -0.3 is 10.6 Å². The normalized spacial score (nSPS) is 10.2. The lowest BCUT2D eigenvalue weighted by Gasteiger charge is -2.11. The van der Waals surface area contributed by atoms with Gasteiger partial charge in [0.15, 0.2) is 0 Å². The third-order valence-electron chi connectivity index (χ3n) is 3.22. The van der Waals surface area contributed by atoms with Crippen LogP contribution in [0.1, 0.15) is 16.7 Å². The lowest BCUT2D eigenvalue weighted by molar-refractivity contribution is 0.251. The molecular weight excluding hydrogens is 272 g/mol.